The SMILES string of the molecule is COc1ccccc1C=CC(=O)OCc1csc(-c2cc(Br)ccc2OC)n1. The molecule has 0 spiro atoms. The van der Waals surface area contributed by atoms with Gasteiger partial charge in [-0.15, -0.1) is 11.3 Å². The summed E-state index contributed by atoms with van der Waals surface area (Å²) in [6.07, 6.45) is 3.04. The van der Waals surface area contributed by atoms with E-state index in [0.717, 1.165) is 26.4 Å². The summed E-state index contributed by atoms with van der Waals surface area (Å²) in [5.41, 5.74) is 2.37. The van der Waals surface area contributed by atoms with Crippen molar-refractivity contribution < 1.29 is 19.0 Å². The highest BCUT2D eigenvalue weighted by Crippen LogP contribution is 2.34. The topological polar surface area (TPSA) is 57.7 Å². The minimum absolute atomic E-state index is 0.0991. The number of aromatic nitrogens is 1. The zero-order chi connectivity index (χ0) is 19.9. The van der Waals surface area contributed by atoms with E-state index in [-0.39, 0.29) is 6.61 Å². The molecular weight excluding hydrogens is 442 g/mol. The van der Waals surface area contributed by atoms with Crippen LogP contribution < -0.4 is 9.47 Å². The Morgan fingerprint density at radius 1 is 1.14 bits per heavy atom. The molecule has 0 bridgehead atoms. The monoisotopic (exact) mass is 459 g/mol. The second-order valence-electron chi connectivity index (χ2n) is 5.67. The van der Waals surface area contributed by atoms with E-state index < -0.39 is 5.97 Å². The lowest BCUT2D eigenvalue weighted by Crippen LogP contribution is -2.01. The molecule has 28 heavy (non-hydrogen) atoms. The van der Waals surface area contributed by atoms with Crippen molar-refractivity contribution >= 4 is 39.3 Å². The molecule has 3 aromatic rings. The summed E-state index contributed by atoms with van der Waals surface area (Å²) in [4.78, 5) is 16.6. The van der Waals surface area contributed by atoms with Gasteiger partial charge in [0.1, 0.15) is 23.1 Å². The molecule has 1 heterocycles. The third-order valence-corrected chi connectivity index (χ3v) is 5.26. The second kappa shape index (κ2) is 9.52. The number of ether oxygens (including phenoxy) is 3. The summed E-state index contributed by atoms with van der Waals surface area (Å²) < 4.78 is 16.9. The molecule has 2 aromatic carbocycles. The number of halogens is 1. The van der Waals surface area contributed by atoms with Gasteiger partial charge in [0.15, 0.2) is 0 Å². The lowest BCUT2D eigenvalue weighted by atomic mass is 10.2. The van der Waals surface area contributed by atoms with Crippen LogP contribution >= 0.6 is 27.3 Å². The van der Waals surface area contributed by atoms with Gasteiger partial charge in [0, 0.05) is 21.5 Å². The number of carbonyl (C=O) groups excluding carboxylic acids is 1. The maximum absolute atomic E-state index is 12.0. The Labute approximate surface area is 175 Å². The van der Waals surface area contributed by atoms with Crippen LogP contribution in [-0.2, 0) is 16.1 Å². The van der Waals surface area contributed by atoms with E-state index in [4.69, 9.17) is 14.2 Å². The molecule has 7 heteroatoms. The van der Waals surface area contributed by atoms with Crippen molar-refractivity contribution in [2.45, 2.75) is 6.61 Å². The van der Waals surface area contributed by atoms with Crippen LogP contribution in [0.2, 0.25) is 0 Å². The van der Waals surface area contributed by atoms with Crippen molar-refractivity contribution in [3.63, 3.8) is 0 Å². The van der Waals surface area contributed by atoms with E-state index in [1.54, 1.807) is 20.3 Å². The minimum atomic E-state index is -0.444. The molecule has 0 saturated carbocycles. The Morgan fingerprint density at radius 2 is 1.93 bits per heavy atom. The van der Waals surface area contributed by atoms with E-state index in [0.29, 0.717) is 11.4 Å². The van der Waals surface area contributed by atoms with Gasteiger partial charge in [0.05, 0.1) is 25.5 Å². The molecule has 0 N–H and O–H groups in total. The minimum Gasteiger partial charge on any atom is -0.496 e. The summed E-state index contributed by atoms with van der Waals surface area (Å²) >= 11 is 4.93. The van der Waals surface area contributed by atoms with Crippen LogP contribution in [0.3, 0.4) is 0 Å². The average molecular weight is 460 g/mol. The first-order valence-corrected chi connectivity index (χ1v) is 10.0. The fourth-order valence-corrected chi connectivity index (χ4v) is 3.69. The molecule has 0 saturated heterocycles. The molecule has 0 fully saturated rings. The maximum atomic E-state index is 12.0. The van der Waals surface area contributed by atoms with Gasteiger partial charge in [-0.3, -0.25) is 0 Å². The van der Waals surface area contributed by atoms with E-state index >= 15 is 0 Å². The summed E-state index contributed by atoms with van der Waals surface area (Å²) in [5, 5.41) is 2.67. The highest BCUT2D eigenvalue weighted by Gasteiger charge is 2.12. The standard InChI is InChI=1S/C21H18BrNO4S/c1-25-18-6-4-3-5-14(18)7-10-20(24)27-12-16-13-28-21(23-16)17-11-15(22)8-9-19(17)26-2/h3-11,13H,12H2,1-2H3. The number of rotatable bonds is 7. The first-order chi connectivity index (χ1) is 13.6. The summed E-state index contributed by atoms with van der Waals surface area (Å²) in [7, 11) is 3.21. The van der Waals surface area contributed by atoms with E-state index in [2.05, 4.69) is 20.9 Å². The average Bonchev–Trinajstić information content (AvgIpc) is 3.19. The van der Waals surface area contributed by atoms with Crippen molar-refractivity contribution in [1.82, 2.24) is 4.98 Å². The number of para-hydroxylation sites is 1. The van der Waals surface area contributed by atoms with Crippen molar-refractivity contribution in [2.75, 3.05) is 14.2 Å². The first kappa shape index (κ1) is 20.1. The van der Waals surface area contributed by atoms with Gasteiger partial charge in [-0.1, -0.05) is 34.1 Å². The van der Waals surface area contributed by atoms with Gasteiger partial charge < -0.3 is 14.2 Å². The molecule has 5 nitrogen and oxygen atoms in total. The zero-order valence-corrected chi connectivity index (χ0v) is 17.7. The highest BCUT2D eigenvalue weighted by molar-refractivity contribution is 9.10. The number of nitrogens with zero attached hydrogens (tertiary/aromatic N) is 1. The number of hydrogen-bond acceptors (Lipinski definition) is 6. The van der Waals surface area contributed by atoms with Crippen LogP contribution in [0.5, 0.6) is 11.5 Å². The van der Waals surface area contributed by atoms with E-state index in [9.17, 15) is 4.79 Å². The molecule has 0 amide bonds. The molecule has 0 unspecified atom stereocenters. The molecule has 0 radical (unpaired) electrons. The molecule has 144 valence electrons. The number of methoxy groups -OCH3 is 2. The quantitative estimate of drug-likeness (QED) is 0.352. The fraction of sp³-hybridized carbons (Fsp3) is 0.143. The molecule has 0 aliphatic carbocycles. The van der Waals surface area contributed by atoms with Crippen LogP contribution in [0, 0.1) is 0 Å². The van der Waals surface area contributed by atoms with Crippen LogP contribution in [0.1, 0.15) is 11.3 Å². The lowest BCUT2D eigenvalue weighted by Gasteiger charge is -2.06. The van der Waals surface area contributed by atoms with E-state index in [1.165, 1.54) is 17.4 Å². The Kier molecular flexibility index (Phi) is 6.84. The zero-order valence-electron chi connectivity index (χ0n) is 15.3. The number of carbonyl (C=O) groups is 1. The van der Waals surface area contributed by atoms with Gasteiger partial charge in [-0.05, 0) is 30.3 Å². The van der Waals surface area contributed by atoms with E-state index in [1.807, 2.05) is 47.8 Å². The van der Waals surface area contributed by atoms with Gasteiger partial charge in [0.25, 0.3) is 0 Å². The molecule has 0 aliphatic heterocycles. The third-order valence-electron chi connectivity index (χ3n) is 3.84. The lowest BCUT2D eigenvalue weighted by molar-refractivity contribution is -0.139. The Hall–Kier alpha value is -2.64. The fourth-order valence-electron chi connectivity index (χ4n) is 2.50. The number of esters is 1. The third kappa shape index (κ3) is 4.99. The highest BCUT2D eigenvalue weighted by atomic mass is 79.9. The molecule has 0 atom stereocenters. The summed E-state index contributed by atoms with van der Waals surface area (Å²) in [6, 6.07) is 13.2. The maximum Gasteiger partial charge on any atom is 0.331 e. The smallest absolute Gasteiger partial charge is 0.331 e. The van der Waals surface area contributed by atoms with Crippen molar-refractivity contribution in [3.8, 4) is 22.1 Å². The molecule has 1 aromatic heterocycles. The number of hydrogen-bond donors (Lipinski definition) is 0. The van der Waals surface area contributed by atoms with Crippen LogP contribution in [0.15, 0.2) is 58.4 Å². The molecule has 3 rings (SSSR count). The second-order valence-corrected chi connectivity index (χ2v) is 7.45. The normalized spacial score (nSPS) is 10.8. The molecular formula is C21H18BrNO4S. The summed E-state index contributed by atoms with van der Waals surface area (Å²) in [6.45, 7) is 0.0991. The van der Waals surface area contributed by atoms with Crippen molar-refractivity contribution in [3.05, 3.63) is 69.7 Å². The molecule has 0 aliphatic rings. The van der Waals surface area contributed by atoms with Gasteiger partial charge in [-0.2, -0.15) is 0 Å². The largest absolute Gasteiger partial charge is 0.496 e. The van der Waals surface area contributed by atoms with Crippen LogP contribution in [0.25, 0.3) is 16.6 Å². The van der Waals surface area contributed by atoms with Gasteiger partial charge in [0.2, 0.25) is 0 Å². The van der Waals surface area contributed by atoms with Gasteiger partial charge in [-0.25, -0.2) is 9.78 Å². The summed E-state index contributed by atoms with van der Waals surface area (Å²) in [5.74, 6) is 0.986. The Morgan fingerprint density at radius 3 is 2.71 bits per heavy atom. The van der Waals surface area contributed by atoms with Crippen molar-refractivity contribution in [1.29, 1.82) is 0 Å². The first-order valence-electron chi connectivity index (χ1n) is 8.37. The number of benzene rings is 2. The Balaban J connectivity index is 1.64. The number of thiazole rings is 1. The van der Waals surface area contributed by atoms with Crippen molar-refractivity contribution in [2.24, 2.45) is 0 Å². The van der Waals surface area contributed by atoms with Gasteiger partial charge >= 0.3 is 5.97 Å². The predicted octanol–water partition coefficient (Wildman–Crippen LogP) is 5.35. The van der Waals surface area contributed by atoms with Crippen LogP contribution in [0.4, 0.5) is 0 Å². The van der Waals surface area contributed by atoms with Crippen LogP contribution in [-0.4, -0.2) is 25.2 Å². The predicted molar refractivity (Wildman–Crippen MR) is 114 cm³/mol. The Bertz CT molecular complexity index is 1000.